The van der Waals surface area contributed by atoms with Crippen molar-refractivity contribution in [3.63, 3.8) is 0 Å². The molecule has 0 aromatic rings. The van der Waals surface area contributed by atoms with Crippen LogP contribution in [0.5, 0.6) is 0 Å². The van der Waals surface area contributed by atoms with Gasteiger partial charge >= 0.3 is 0 Å². The van der Waals surface area contributed by atoms with E-state index in [0.717, 1.165) is 12.8 Å². The van der Waals surface area contributed by atoms with Crippen molar-refractivity contribution in [2.45, 2.75) is 33.1 Å². The third-order valence-corrected chi connectivity index (χ3v) is 1.87. The van der Waals surface area contributed by atoms with Crippen molar-refractivity contribution >= 4 is 11.8 Å². The molecular formula is C11H15NO2. The average molecular weight is 193 g/mol. The topological polar surface area (TPSA) is 46.2 Å². The first-order chi connectivity index (χ1) is 6.70. The summed E-state index contributed by atoms with van der Waals surface area (Å²) >= 11 is 0. The number of carbonyl (C=O) groups excluding carboxylic acids is 2. The summed E-state index contributed by atoms with van der Waals surface area (Å²) in [7, 11) is 0. The molecule has 1 fully saturated rings. The predicted octanol–water partition coefficient (Wildman–Crippen LogP) is 1.71. The third kappa shape index (κ3) is 2.10. The fourth-order valence-electron chi connectivity index (χ4n) is 1.34. The summed E-state index contributed by atoms with van der Waals surface area (Å²) in [5, 5.41) is 2.24. The largest absolute Gasteiger partial charge is 0.288 e. The Kier molecular flexibility index (Phi) is 3.63. The second kappa shape index (κ2) is 4.74. The Bertz CT molecular complexity index is 283. The molecule has 1 aliphatic heterocycles. The van der Waals surface area contributed by atoms with Gasteiger partial charge in [0.05, 0.1) is 0 Å². The van der Waals surface area contributed by atoms with E-state index in [0.29, 0.717) is 11.1 Å². The van der Waals surface area contributed by atoms with Crippen molar-refractivity contribution in [3.8, 4) is 0 Å². The zero-order valence-electron chi connectivity index (χ0n) is 8.59. The van der Waals surface area contributed by atoms with E-state index in [4.69, 9.17) is 0 Å². The molecule has 0 spiro atoms. The van der Waals surface area contributed by atoms with Crippen molar-refractivity contribution in [1.29, 1.82) is 0 Å². The molecule has 3 nitrogen and oxygen atoms in total. The van der Waals surface area contributed by atoms with E-state index >= 15 is 0 Å². The van der Waals surface area contributed by atoms with E-state index in [1.807, 2.05) is 12.2 Å². The maximum atomic E-state index is 11.0. The molecule has 1 heterocycles. The summed E-state index contributed by atoms with van der Waals surface area (Å²) in [6.07, 6.45) is 6.60. The van der Waals surface area contributed by atoms with Crippen molar-refractivity contribution in [1.82, 2.24) is 5.32 Å². The number of hydrogen-bond acceptors (Lipinski definition) is 2. The molecule has 14 heavy (non-hydrogen) atoms. The van der Waals surface area contributed by atoms with Gasteiger partial charge in [-0.3, -0.25) is 14.9 Å². The van der Waals surface area contributed by atoms with Crippen LogP contribution in [0.15, 0.2) is 23.3 Å². The number of imide groups is 1. The average Bonchev–Trinajstić information content (AvgIpc) is 2.45. The number of rotatable bonds is 0. The van der Waals surface area contributed by atoms with E-state index in [-0.39, 0.29) is 11.8 Å². The molecule has 0 bridgehead atoms. The van der Waals surface area contributed by atoms with E-state index in [1.165, 1.54) is 6.42 Å². The lowest BCUT2D eigenvalue weighted by molar-refractivity contribution is -0.123. The molecule has 0 radical (unpaired) electrons. The quantitative estimate of drug-likeness (QED) is 0.595. The van der Waals surface area contributed by atoms with Gasteiger partial charge in [-0.15, -0.1) is 0 Å². The van der Waals surface area contributed by atoms with Crippen LogP contribution in [0, 0.1) is 0 Å². The minimum absolute atomic E-state index is 0.249. The van der Waals surface area contributed by atoms with Crippen molar-refractivity contribution in [2.75, 3.05) is 0 Å². The lowest BCUT2D eigenvalue weighted by atomic mass is 10.0. The molecule has 1 N–H and O–H groups in total. The molecule has 2 aliphatic rings. The first-order valence-corrected chi connectivity index (χ1v) is 4.97. The second-order valence-electron chi connectivity index (χ2n) is 3.30. The molecular weight excluding hydrogens is 178 g/mol. The molecule has 2 rings (SSSR count). The van der Waals surface area contributed by atoms with Crippen LogP contribution in [0.2, 0.25) is 0 Å². The first kappa shape index (κ1) is 10.7. The minimum Gasteiger partial charge on any atom is -0.288 e. The number of fused-ring (bicyclic) bond motifs is 1. The number of hydrogen-bond donors (Lipinski definition) is 1. The molecule has 0 atom stereocenters. The van der Waals surface area contributed by atoms with Gasteiger partial charge in [-0.2, -0.15) is 0 Å². The fourth-order valence-corrected chi connectivity index (χ4v) is 1.34. The van der Waals surface area contributed by atoms with Gasteiger partial charge in [0.25, 0.3) is 11.8 Å². The molecule has 3 heteroatoms. The first-order valence-electron chi connectivity index (χ1n) is 4.97. The molecule has 1 aliphatic carbocycles. The molecule has 2 amide bonds. The zero-order chi connectivity index (χ0) is 10.6. The maximum Gasteiger partial charge on any atom is 0.258 e. The highest BCUT2D eigenvalue weighted by atomic mass is 16.2. The monoisotopic (exact) mass is 193 g/mol. The van der Waals surface area contributed by atoms with Crippen LogP contribution in [0.25, 0.3) is 0 Å². The van der Waals surface area contributed by atoms with E-state index < -0.39 is 0 Å². The van der Waals surface area contributed by atoms with Gasteiger partial charge in [0, 0.05) is 11.1 Å². The maximum absolute atomic E-state index is 11.0. The van der Waals surface area contributed by atoms with Gasteiger partial charge in [0.2, 0.25) is 0 Å². The Labute approximate surface area is 83.9 Å². The summed E-state index contributed by atoms with van der Waals surface area (Å²) in [4.78, 5) is 22.0. The number of nitrogens with one attached hydrogen (secondary N) is 1. The Morgan fingerprint density at radius 2 is 1.43 bits per heavy atom. The highest BCUT2D eigenvalue weighted by Crippen LogP contribution is 2.23. The fraction of sp³-hybridized carbons (Fsp3) is 0.455. The van der Waals surface area contributed by atoms with Crippen LogP contribution in [0.1, 0.15) is 33.1 Å². The second-order valence-corrected chi connectivity index (χ2v) is 3.30. The van der Waals surface area contributed by atoms with Gasteiger partial charge < -0.3 is 0 Å². The Balaban J connectivity index is 0.000000293. The minimum atomic E-state index is -0.249. The summed E-state index contributed by atoms with van der Waals surface area (Å²) in [5.41, 5.74) is 1.11. The van der Waals surface area contributed by atoms with Crippen LogP contribution in [-0.4, -0.2) is 11.8 Å². The standard InChI is InChI=1S/C8H7NO2.C3H8/c10-7-5-3-1-2-4-6(5)8(11)9-7;1-3-2/h3-4H,1-2H2,(H,9,10,11);3H2,1-2H3. The zero-order valence-corrected chi connectivity index (χ0v) is 8.59. The van der Waals surface area contributed by atoms with Crippen LogP contribution in [0.3, 0.4) is 0 Å². The lowest BCUT2D eigenvalue weighted by Crippen LogP contribution is -2.19. The summed E-state index contributed by atoms with van der Waals surface area (Å²) < 4.78 is 0. The number of carbonyl (C=O) groups is 2. The Morgan fingerprint density at radius 3 is 1.79 bits per heavy atom. The van der Waals surface area contributed by atoms with Crippen LogP contribution in [0.4, 0.5) is 0 Å². The smallest absolute Gasteiger partial charge is 0.258 e. The molecule has 0 aromatic carbocycles. The normalized spacial score (nSPS) is 18.7. The highest BCUT2D eigenvalue weighted by Gasteiger charge is 2.30. The van der Waals surface area contributed by atoms with Crippen molar-refractivity contribution < 1.29 is 9.59 Å². The predicted molar refractivity (Wildman–Crippen MR) is 54.5 cm³/mol. The highest BCUT2D eigenvalue weighted by molar-refractivity contribution is 6.24. The van der Waals surface area contributed by atoms with Gasteiger partial charge in [-0.1, -0.05) is 32.4 Å². The van der Waals surface area contributed by atoms with E-state index in [9.17, 15) is 9.59 Å². The number of allylic oxidation sites excluding steroid dienone is 2. The SMILES string of the molecule is CCC.O=C1NC(=O)C2=CCCC=C12. The van der Waals surface area contributed by atoms with Crippen molar-refractivity contribution in [3.05, 3.63) is 23.3 Å². The van der Waals surface area contributed by atoms with Crippen LogP contribution >= 0.6 is 0 Å². The molecule has 0 unspecified atom stereocenters. The van der Waals surface area contributed by atoms with Crippen LogP contribution in [-0.2, 0) is 9.59 Å². The summed E-state index contributed by atoms with van der Waals surface area (Å²) in [6.45, 7) is 4.25. The van der Waals surface area contributed by atoms with E-state index in [2.05, 4.69) is 19.2 Å². The Morgan fingerprint density at radius 1 is 1.07 bits per heavy atom. The third-order valence-electron chi connectivity index (χ3n) is 1.87. The summed E-state index contributed by atoms with van der Waals surface area (Å²) in [6, 6.07) is 0. The van der Waals surface area contributed by atoms with Gasteiger partial charge in [0.15, 0.2) is 0 Å². The van der Waals surface area contributed by atoms with Gasteiger partial charge in [0.1, 0.15) is 0 Å². The van der Waals surface area contributed by atoms with Crippen LogP contribution < -0.4 is 5.32 Å². The molecule has 0 aromatic heterocycles. The van der Waals surface area contributed by atoms with Gasteiger partial charge in [-0.25, -0.2) is 0 Å². The Hall–Kier alpha value is -1.38. The number of amides is 2. The molecule has 1 saturated heterocycles. The van der Waals surface area contributed by atoms with E-state index in [1.54, 1.807) is 0 Å². The lowest BCUT2D eigenvalue weighted by Gasteiger charge is -2.01. The summed E-state index contributed by atoms with van der Waals surface area (Å²) in [5.74, 6) is -0.498. The molecule has 0 saturated carbocycles. The van der Waals surface area contributed by atoms with Gasteiger partial charge in [-0.05, 0) is 12.8 Å². The van der Waals surface area contributed by atoms with Crippen molar-refractivity contribution in [2.24, 2.45) is 0 Å². The molecule has 76 valence electrons.